The lowest BCUT2D eigenvalue weighted by atomic mass is 10.1. The van der Waals surface area contributed by atoms with Crippen molar-refractivity contribution in [3.63, 3.8) is 0 Å². The average Bonchev–Trinajstić information content (AvgIpc) is 2.10. The van der Waals surface area contributed by atoms with Crippen LogP contribution in [0.15, 0.2) is 18.2 Å². The standard InChI is InChI=1S/C9H11Cl2NO/c1-12-5-8(13)6-3-2-4-7(10)9(6)11/h2-4,8,12-13H,5H2,1H3. The number of nitrogens with one attached hydrogen (secondary N) is 1. The molecule has 0 aliphatic rings. The zero-order chi connectivity index (χ0) is 9.84. The number of hydrogen-bond donors (Lipinski definition) is 2. The summed E-state index contributed by atoms with van der Waals surface area (Å²) < 4.78 is 0. The number of rotatable bonds is 3. The van der Waals surface area contributed by atoms with Crippen LogP contribution in [0.2, 0.25) is 10.0 Å². The van der Waals surface area contributed by atoms with Crippen LogP contribution in [0.5, 0.6) is 0 Å². The van der Waals surface area contributed by atoms with E-state index in [1.54, 1.807) is 25.2 Å². The van der Waals surface area contributed by atoms with Crippen molar-refractivity contribution in [2.75, 3.05) is 13.6 Å². The van der Waals surface area contributed by atoms with Gasteiger partial charge in [0.1, 0.15) is 0 Å². The predicted molar refractivity (Wildman–Crippen MR) is 55.3 cm³/mol. The number of aliphatic hydroxyl groups is 1. The number of halogens is 2. The van der Waals surface area contributed by atoms with Crippen molar-refractivity contribution in [2.24, 2.45) is 0 Å². The van der Waals surface area contributed by atoms with Gasteiger partial charge in [0.25, 0.3) is 0 Å². The molecule has 0 amide bonds. The Labute approximate surface area is 87.5 Å². The maximum absolute atomic E-state index is 9.62. The van der Waals surface area contributed by atoms with Crippen LogP contribution in [-0.2, 0) is 0 Å². The molecule has 0 aliphatic heterocycles. The van der Waals surface area contributed by atoms with Gasteiger partial charge >= 0.3 is 0 Å². The van der Waals surface area contributed by atoms with Crippen molar-refractivity contribution < 1.29 is 5.11 Å². The Morgan fingerprint density at radius 3 is 2.77 bits per heavy atom. The number of likely N-dealkylation sites (N-methyl/N-ethyl adjacent to an activating group) is 1. The lowest BCUT2D eigenvalue weighted by molar-refractivity contribution is 0.178. The van der Waals surface area contributed by atoms with E-state index in [4.69, 9.17) is 23.2 Å². The van der Waals surface area contributed by atoms with Crippen LogP contribution in [0.25, 0.3) is 0 Å². The van der Waals surface area contributed by atoms with E-state index in [1.165, 1.54) is 0 Å². The second kappa shape index (κ2) is 4.82. The normalized spacial score (nSPS) is 12.9. The van der Waals surface area contributed by atoms with Crippen molar-refractivity contribution in [3.05, 3.63) is 33.8 Å². The van der Waals surface area contributed by atoms with Gasteiger partial charge < -0.3 is 10.4 Å². The summed E-state index contributed by atoms with van der Waals surface area (Å²) in [7, 11) is 1.77. The Morgan fingerprint density at radius 1 is 1.46 bits per heavy atom. The number of aliphatic hydroxyl groups excluding tert-OH is 1. The van der Waals surface area contributed by atoms with Gasteiger partial charge in [-0.3, -0.25) is 0 Å². The fraction of sp³-hybridized carbons (Fsp3) is 0.333. The molecule has 0 bridgehead atoms. The molecule has 1 atom stereocenters. The zero-order valence-electron chi connectivity index (χ0n) is 7.22. The molecule has 2 nitrogen and oxygen atoms in total. The molecular weight excluding hydrogens is 209 g/mol. The van der Waals surface area contributed by atoms with Gasteiger partial charge in [0.2, 0.25) is 0 Å². The first-order valence-corrected chi connectivity index (χ1v) is 4.69. The van der Waals surface area contributed by atoms with Gasteiger partial charge in [-0.05, 0) is 13.1 Å². The molecule has 0 radical (unpaired) electrons. The van der Waals surface area contributed by atoms with E-state index in [0.717, 1.165) is 0 Å². The van der Waals surface area contributed by atoms with Crippen LogP contribution < -0.4 is 5.32 Å². The molecular formula is C9H11Cl2NO. The number of hydrogen-bond acceptors (Lipinski definition) is 2. The average molecular weight is 220 g/mol. The molecule has 13 heavy (non-hydrogen) atoms. The van der Waals surface area contributed by atoms with E-state index < -0.39 is 6.10 Å². The Morgan fingerprint density at radius 2 is 2.15 bits per heavy atom. The molecule has 0 aromatic heterocycles. The van der Waals surface area contributed by atoms with Crippen molar-refractivity contribution in [2.45, 2.75) is 6.10 Å². The highest BCUT2D eigenvalue weighted by molar-refractivity contribution is 6.42. The molecule has 1 rings (SSSR count). The van der Waals surface area contributed by atoms with Gasteiger partial charge in [-0.1, -0.05) is 35.3 Å². The molecule has 1 aromatic carbocycles. The van der Waals surface area contributed by atoms with E-state index >= 15 is 0 Å². The molecule has 2 N–H and O–H groups in total. The van der Waals surface area contributed by atoms with Gasteiger partial charge in [-0.25, -0.2) is 0 Å². The molecule has 0 spiro atoms. The third-order valence-electron chi connectivity index (χ3n) is 1.74. The fourth-order valence-electron chi connectivity index (χ4n) is 1.08. The summed E-state index contributed by atoms with van der Waals surface area (Å²) in [5.41, 5.74) is 0.656. The summed E-state index contributed by atoms with van der Waals surface area (Å²) in [5, 5.41) is 13.4. The smallest absolute Gasteiger partial charge is 0.0929 e. The molecule has 0 fully saturated rings. The minimum atomic E-state index is -0.615. The molecule has 0 heterocycles. The third-order valence-corrected chi connectivity index (χ3v) is 2.57. The lowest BCUT2D eigenvalue weighted by Crippen LogP contribution is -2.16. The highest BCUT2D eigenvalue weighted by Crippen LogP contribution is 2.29. The molecule has 4 heteroatoms. The second-order valence-electron chi connectivity index (χ2n) is 2.72. The van der Waals surface area contributed by atoms with Crippen molar-refractivity contribution in [3.8, 4) is 0 Å². The van der Waals surface area contributed by atoms with Gasteiger partial charge in [0.15, 0.2) is 0 Å². The summed E-state index contributed by atoms with van der Waals surface area (Å²) in [5.74, 6) is 0. The third kappa shape index (κ3) is 2.58. The van der Waals surface area contributed by atoms with E-state index in [0.29, 0.717) is 22.2 Å². The molecule has 1 unspecified atom stereocenters. The van der Waals surface area contributed by atoms with Crippen LogP contribution in [-0.4, -0.2) is 18.7 Å². The number of benzene rings is 1. The van der Waals surface area contributed by atoms with Crippen molar-refractivity contribution in [1.82, 2.24) is 5.32 Å². The van der Waals surface area contributed by atoms with Gasteiger partial charge in [0.05, 0.1) is 16.1 Å². The predicted octanol–water partition coefficient (Wildman–Crippen LogP) is 2.25. The van der Waals surface area contributed by atoms with E-state index in [-0.39, 0.29) is 0 Å². The molecule has 1 aromatic rings. The zero-order valence-corrected chi connectivity index (χ0v) is 8.73. The van der Waals surface area contributed by atoms with E-state index in [2.05, 4.69) is 5.32 Å². The SMILES string of the molecule is CNCC(O)c1cccc(Cl)c1Cl. The van der Waals surface area contributed by atoms with Crippen LogP contribution in [0.1, 0.15) is 11.7 Å². The molecule has 72 valence electrons. The van der Waals surface area contributed by atoms with E-state index in [9.17, 15) is 5.11 Å². The van der Waals surface area contributed by atoms with Gasteiger partial charge in [-0.15, -0.1) is 0 Å². The van der Waals surface area contributed by atoms with E-state index in [1.807, 2.05) is 0 Å². The second-order valence-corrected chi connectivity index (χ2v) is 3.50. The van der Waals surface area contributed by atoms with Crippen LogP contribution >= 0.6 is 23.2 Å². The van der Waals surface area contributed by atoms with Crippen LogP contribution in [0.4, 0.5) is 0 Å². The highest BCUT2D eigenvalue weighted by atomic mass is 35.5. The summed E-state index contributed by atoms with van der Waals surface area (Å²) in [6.45, 7) is 0.458. The summed E-state index contributed by atoms with van der Waals surface area (Å²) in [4.78, 5) is 0. The highest BCUT2D eigenvalue weighted by Gasteiger charge is 2.11. The Hall–Kier alpha value is -0.280. The lowest BCUT2D eigenvalue weighted by Gasteiger charge is -2.12. The molecule has 0 aliphatic carbocycles. The maximum Gasteiger partial charge on any atom is 0.0929 e. The Balaban J connectivity index is 2.93. The first-order chi connectivity index (χ1) is 6.16. The summed E-state index contributed by atoms with van der Waals surface area (Å²) >= 11 is 11.7. The minimum Gasteiger partial charge on any atom is -0.387 e. The molecule has 0 saturated carbocycles. The van der Waals surface area contributed by atoms with Gasteiger partial charge in [0, 0.05) is 12.1 Å². The first-order valence-electron chi connectivity index (χ1n) is 3.93. The largest absolute Gasteiger partial charge is 0.387 e. The first kappa shape index (κ1) is 10.8. The Kier molecular flexibility index (Phi) is 4.00. The maximum atomic E-state index is 9.62. The quantitative estimate of drug-likeness (QED) is 0.818. The fourth-order valence-corrected chi connectivity index (χ4v) is 1.51. The Bertz CT molecular complexity index is 291. The van der Waals surface area contributed by atoms with Crippen LogP contribution in [0.3, 0.4) is 0 Å². The van der Waals surface area contributed by atoms with Gasteiger partial charge in [-0.2, -0.15) is 0 Å². The van der Waals surface area contributed by atoms with Crippen molar-refractivity contribution in [1.29, 1.82) is 0 Å². The van der Waals surface area contributed by atoms with Crippen molar-refractivity contribution >= 4 is 23.2 Å². The summed E-state index contributed by atoms with van der Waals surface area (Å²) in [6.07, 6.45) is -0.615. The van der Waals surface area contributed by atoms with Crippen LogP contribution in [0, 0.1) is 0 Å². The topological polar surface area (TPSA) is 32.3 Å². The summed E-state index contributed by atoms with van der Waals surface area (Å²) in [6, 6.07) is 5.22. The monoisotopic (exact) mass is 219 g/mol. The minimum absolute atomic E-state index is 0.423. The molecule has 0 saturated heterocycles.